The van der Waals surface area contributed by atoms with Crippen LogP contribution in [0.3, 0.4) is 0 Å². The number of esters is 1. The highest BCUT2D eigenvalue weighted by Crippen LogP contribution is 1.99. The summed E-state index contributed by atoms with van der Waals surface area (Å²) in [5.41, 5.74) is 1.19. The van der Waals surface area contributed by atoms with Crippen LogP contribution in [-0.2, 0) is 20.7 Å². The fourth-order valence-corrected chi connectivity index (χ4v) is 0.957. The fourth-order valence-electron chi connectivity index (χ4n) is 0.957. The number of hydrogen-bond donors (Lipinski definition) is 0. The summed E-state index contributed by atoms with van der Waals surface area (Å²) in [4.78, 5) is 19.2. The molecule has 3 nitrogen and oxygen atoms in total. The Balaban J connectivity index is 0.000000583. The van der Waals surface area contributed by atoms with Gasteiger partial charge in [-0.05, 0) is 12.5 Å². The normalized spacial score (nSPS) is 8.40. The lowest BCUT2D eigenvalue weighted by Crippen LogP contribution is -2.02. The summed E-state index contributed by atoms with van der Waals surface area (Å²) < 4.78 is 4.81. The van der Waals surface area contributed by atoms with Crippen LogP contribution in [0.4, 0.5) is 0 Å². The Morgan fingerprint density at radius 2 is 1.87 bits per heavy atom. The van der Waals surface area contributed by atoms with Crippen molar-refractivity contribution in [1.82, 2.24) is 0 Å². The highest BCUT2D eigenvalue weighted by atomic mass is 16.5. The zero-order valence-electron chi connectivity index (χ0n) is 9.10. The lowest BCUT2D eigenvalue weighted by atomic mass is 10.2. The molecule has 0 aliphatic carbocycles. The van der Waals surface area contributed by atoms with E-state index in [4.69, 9.17) is 9.53 Å². The standard InChI is InChI=1S/C10H12O2.C2H4O/c1-9(11)12-8-7-10-5-3-2-4-6-10;1-2-3/h2-6H,7-8H2,1H3;2H,1H3. The first-order chi connectivity index (χ1) is 7.20. The van der Waals surface area contributed by atoms with Gasteiger partial charge in [0.2, 0.25) is 0 Å². The second-order valence-corrected chi connectivity index (χ2v) is 2.81. The predicted molar refractivity (Wildman–Crippen MR) is 58.5 cm³/mol. The first kappa shape index (κ1) is 13.4. The van der Waals surface area contributed by atoms with Crippen molar-refractivity contribution in [2.75, 3.05) is 6.61 Å². The molecule has 0 aliphatic heterocycles. The molecule has 0 heterocycles. The lowest BCUT2D eigenvalue weighted by molar-refractivity contribution is -0.140. The minimum absolute atomic E-state index is 0.217. The van der Waals surface area contributed by atoms with Crippen molar-refractivity contribution in [2.24, 2.45) is 0 Å². The largest absolute Gasteiger partial charge is 0.466 e. The molecule has 1 aromatic rings. The molecule has 0 bridgehead atoms. The number of rotatable bonds is 3. The molecule has 1 aromatic carbocycles. The molecule has 3 heteroatoms. The Kier molecular flexibility index (Phi) is 7.96. The van der Waals surface area contributed by atoms with Crippen LogP contribution < -0.4 is 0 Å². The van der Waals surface area contributed by atoms with Crippen molar-refractivity contribution in [1.29, 1.82) is 0 Å². The minimum atomic E-state index is -0.217. The van der Waals surface area contributed by atoms with Crippen molar-refractivity contribution in [3.05, 3.63) is 35.9 Å². The molecule has 0 aromatic heterocycles. The second kappa shape index (κ2) is 8.94. The number of ether oxygens (including phenoxy) is 1. The second-order valence-electron chi connectivity index (χ2n) is 2.81. The van der Waals surface area contributed by atoms with Crippen LogP contribution in [-0.4, -0.2) is 18.9 Å². The number of carbonyl (C=O) groups is 2. The third-order valence-electron chi connectivity index (χ3n) is 1.54. The Labute approximate surface area is 90.1 Å². The number of aldehydes is 1. The maximum absolute atomic E-state index is 10.4. The van der Waals surface area contributed by atoms with Gasteiger partial charge in [-0.15, -0.1) is 0 Å². The molecule has 0 aliphatic rings. The molecule has 0 radical (unpaired) electrons. The molecule has 0 amide bonds. The Hall–Kier alpha value is -1.64. The Morgan fingerprint density at radius 1 is 1.33 bits per heavy atom. The zero-order valence-corrected chi connectivity index (χ0v) is 9.10. The van der Waals surface area contributed by atoms with Crippen LogP contribution in [0.2, 0.25) is 0 Å². The maximum Gasteiger partial charge on any atom is 0.302 e. The SMILES string of the molecule is CC(=O)OCCc1ccccc1.CC=O. The third-order valence-corrected chi connectivity index (χ3v) is 1.54. The molecule has 0 unspecified atom stereocenters. The average molecular weight is 208 g/mol. The van der Waals surface area contributed by atoms with E-state index in [9.17, 15) is 4.79 Å². The van der Waals surface area contributed by atoms with Crippen LogP contribution in [0.5, 0.6) is 0 Å². The van der Waals surface area contributed by atoms with E-state index in [1.165, 1.54) is 19.4 Å². The highest BCUT2D eigenvalue weighted by Gasteiger charge is 1.93. The van der Waals surface area contributed by atoms with Crippen LogP contribution in [0.15, 0.2) is 30.3 Å². The van der Waals surface area contributed by atoms with E-state index < -0.39 is 0 Å². The van der Waals surface area contributed by atoms with Gasteiger partial charge in [-0.1, -0.05) is 30.3 Å². The van der Waals surface area contributed by atoms with Crippen LogP contribution >= 0.6 is 0 Å². The van der Waals surface area contributed by atoms with E-state index in [2.05, 4.69) is 0 Å². The smallest absolute Gasteiger partial charge is 0.302 e. The van der Waals surface area contributed by atoms with Gasteiger partial charge >= 0.3 is 5.97 Å². The topological polar surface area (TPSA) is 43.4 Å². The molecular weight excluding hydrogens is 192 g/mol. The van der Waals surface area contributed by atoms with Crippen molar-refractivity contribution in [3.63, 3.8) is 0 Å². The molecular formula is C12H16O3. The molecule has 0 fully saturated rings. The summed E-state index contributed by atoms with van der Waals surface area (Å²) in [6.45, 7) is 3.34. The molecule has 0 saturated heterocycles. The van der Waals surface area contributed by atoms with E-state index in [0.29, 0.717) is 6.61 Å². The maximum atomic E-state index is 10.4. The summed E-state index contributed by atoms with van der Waals surface area (Å²) in [6.07, 6.45) is 1.54. The van der Waals surface area contributed by atoms with Crippen molar-refractivity contribution in [2.45, 2.75) is 20.3 Å². The van der Waals surface area contributed by atoms with Gasteiger partial charge in [-0.25, -0.2) is 0 Å². The van der Waals surface area contributed by atoms with Gasteiger partial charge in [0.1, 0.15) is 6.29 Å². The lowest BCUT2D eigenvalue weighted by Gasteiger charge is -2.00. The summed E-state index contributed by atoms with van der Waals surface area (Å²) in [6, 6.07) is 9.95. The van der Waals surface area contributed by atoms with Gasteiger partial charge in [-0.3, -0.25) is 4.79 Å². The van der Waals surface area contributed by atoms with Crippen LogP contribution in [0, 0.1) is 0 Å². The molecule has 0 spiro atoms. The van der Waals surface area contributed by atoms with Gasteiger partial charge in [0.25, 0.3) is 0 Å². The zero-order chi connectivity index (χ0) is 11.5. The first-order valence-corrected chi connectivity index (χ1v) is 4.77. The van der Waals surface area contributed by atoms with Gasteiger partial charge < -0.3 is 9.53 Å². The fraction of sp³-hybridized carbons (Fsp3) is 0.333. The van der Waals surface area contributed by atoms with Gasteiger partial charge in [0.05, 0.1) is 6.61 Å². The molecule has 1 rings (SSSR count). The van der Waals surface area contributed by atoms with Crippen LogP contribution in [0.1, 0.15) is 19.4 Å². The number of benzene rings is 1. The van der Waals surface area contributed by atoms with Gasteiger partial charge in [-0.2, -0.15) is 0 Å². The summed E-state index contributed by atoms with van der Waals surface area (Å²) >= 11 is 0. The number of hydrogen-bond acceptors (Lipinski definition) is 3. The van der Waals surface area contributed by atoms with E-state index >= 15 is 0 Å². The highest BCUT2D eigenvalue weighted by molar-refractivity contribution is 5.65. The first-order valence-electron chi connectivity index (χ1n) is 4.77. The van der Waals surface area contributed by atoms with E-state index in [0.717, 1.165) is 12.7 Å². The third kappa shape index (κ3) is 8.68. The van der Waals surface area contributed by atoms with Gasteiger partial charge in [0.15, 0.2) is 0 Å². The molecule has 0 atom stereocenters. The Bertz CT molecular complexity index is 280. The molecule has 0 saturated carbocycles. The quantitative estimate of drug-likeness (QED) is 0.563. The predicted octanol–water partition coefficient (Wildman–Crippen LogP) is 2.00. The van der Waals surface area contributed by atoms with E-state index in [1.807, 2.05) is 30.3 Å². The van der Waals surface area contributed by atoms with Crippen molar-refractivity contribution < 1.29 is 14.3 Å². The van der Waals surface area contributed by atoms with Crippen molar-refractivity contribution >= 4 is 12.3 Å². The average Bonchev–Trinajstić information content (AvgIpc) is 2.20. The molecule has 82 valence electrons. The number of carbonyl (C=O) groups excluding carboxylic acids is 2. The Morgan fingerprint density at radius 3 is 2.33 bits per heavy atom. The monoisotopic (exact) mass is 208 g/mol. The minimum Gasteiger partial charge on any atom is -0.466 e. The molecule has 0 N–H and O–H groups in total. The van der Waals surface area contributed by atoms with Crippen molar-refractivity contribution in [3.8, 4) is 0 Å². The summed E-state index contributed by atoms with van der Waals surface area (Å²) in [5.74, 6) is -0.217. The van der Waals surface area contributed by atoms with Gasteiger partial charge in [0, 0.05) is 13.3 Å². The van der Waals surface area contributed by atoms with Crippen LogP contribution in [0.25, 0.3) is 0 Å². The molecule has 15 heavy (non-hydrogen) atoms. The summed E-state index contributed by atoms with van der Waals surface area (Å²) in [7, 11) is 0. The van der Waals surface area contributed by atoms with E-state index in [1.54, 1.807) is 0 Å². The van der Waals surface area contributed by atoms with E-state index in [-0.39, 0.29) is 5.97 Å². The summed E-state index contributed by atoms with van der Waals surface area (Å²) in [5, 5.41) is 0.